The van der Waals surface area contributed by atoms with E-state index < -0.39 is 29.3 Å². The summed E-state index contributed by atoms with van der Waals surface area (Å²) in [6.45, 7) is 3.65. The van der Waals surface area contributed by atoms with Crippen LogP contribution < -0.4 is 5.73 Å². The van der Waals surface area contributed by atoms with Crippen LogP contribution in [-0.4, -0.2) is 107 Å². The number of carbonyl (C=O) groups excluding carboxylic acids is 4. The van der Waals surface area contributed by atoms with Crippen LogP contribution >= 0.6 is 23.2 Å². The molecule has 2 heterocycles. The third-order valence-corrected chi connectivity index (χ3v) is 8.13. The summed E-state index contributed by atoms with van der Waals surface area (Å²) in [6, 6.07) is 15.3. The zero-order valence-corrected chi connectivity index (χ0v) is 25.0. The summed E-state index contributed by atoms with van der Waals surface area (Å²) in [4.78, 5) is 59.3. The maximum Gasteiger partial charge on any atom is 0.247 e. The number of benzene rings is 2. The van der Waals surface area contributed by atoms with Crippen molar-refractivity contribution >= 4 is 46.8 Å². The number of amides is 4. The van der Waals surface area contributed by atoms with Gasteiger partial charge < -0.3 is 25.2 Å². The van der Waals surface area contributed by atoms with E-state index in [4.69, 9.17) is 33.7 Å². The molecule has 0 aliphatic carbocycles. The molecular formula is C30H37Cl2N5O5. The zero-order chi connectivity index (χ0) is 30.1. The molecular weight excluding hydrogens is 581 g/mol. The molecule has 10 nitrogen and oxygen atoms in total. The molecule has 2 saturated heterocycles. The number of hydrogen-bond acceptors (Lipinski definition) is 6. The highest BCUT2D eigenvalue weighted by molar-refractivity contribution is 6.30. The normalized spacial score (nSPS) is 18.7. The minimum atomic E-state index is -1.05. The van der Waals surface area contributed by atoms with Gasteiger partial charge in [0.1, 0.15) is 18.1 Å². The Bertz CT molecular complexity index is 1230. The van der Waals surface area contributed by atoms with E-state index in [1.807, 2.05) is 42.5 Å². The Balaban J connectivity index is 1.51. The van der Waals surface area contributed by atoms with Gasteiger partial charge in [0.05, 0.1) is 26.2 Å². The number of alkyl halides is 1. The molecule has 2 aliphatic rings. The van der Waals surface area contributed by atoms with Gasteiger partial charge in [0.25, 0.3) is 0 Å². The first-order valence-electron chi connectivity index (χ1n) is 14.1. The van der Waals surface area contributed by atoms with Crippen LogP contribution in [0.5, 0.6) is 0 Å². The highest BCUT2D eigenvalue weighted by Gasteiger charge is 2.43. The summed E-state index contributed by atoms with van der Waals surface area (Å²) in [6.07, 6.45) is 0.647. The highest BCUT2D eigenvalue weighted by atomic mass is 35.5. The lowest BCUT2D eigenvalue weighted by Crippen LogP contribution is -2.63. The number of halogens is 2. The largest absolute Gasteiger partial charge is 0.379 e. The first-order valence-corrected chi connectivity index (χ1v) is 14.9. The summed E-state index contributed by atoms with van der Waals surface area (Å²) in [5.41, 5.74) is 6.33. The Kier molecular flexibility index (Phi) is 11.6. The van der Waals surface area contributed by atoms with E-state index >= 15 is 0 Å². The number of piperazine rings is 1. The summed E-state index contributed by atoms with van der Waals surface area (Å²) in [5, 5.41) is 0.580. The molecule has 0 aromatic heterocycles. The maximum atomic E-state index is 13.9. The van der Waals surface area contributed by atoms with E-state index in [1.165, 1.54) is 14.7 Å². The molecule has 226 valence electrons. The molecule has 2 aromatic carbocycles. The van der Waals surface area contributed by atoms with Crippen LogP contribution in [-0.2, 0) is 36.9 Å². The lowest BCUT2D eigenvalue weighted by molar-refractivity contribution is -0.159. The zero-order valence-electron chi connectivity index (χ0n) is 23.5. The number of nitrogens with zero attached hydrogens (tertiary/aromatic N) is 4. The minimum Gasteiger partial charge on any atom is -0.379 e. The summed E-state index contributed by atoms with van der Waals surface area (Å²) in [7, 11) is 0. The van der Waals surface area contributed by atoms with Crippen LogP contribution in [0.15, 0.2) is 54.6 Å². The highest BCUT2D eigenvalue weighted by Crippen LogP contribution is 2.24. The SMILES string of the molecule is NC(=O)CN(Cc1ccccc1)C(=O)CC1C(=O)N(C(Cl)Cc2ccc(Cl)cc2)CC(=O)N1CCCN1CCOCC1. The Morgan fingerprint density at radius 3 is 2.36 bits per heavy atom. The number of morpholine rings is 1. The smallest absolute Gasteiger partial charge is 0.247 e. The fraction of sp³-hybridized carbons (Fsp3) is 0.467. The van der Waals surface area contributed by atoms with Crippen LogP contribution in [0.1, 0.15) is 24.0 Å². The molecule has 2 fully saturated rings. The average molecular weight is 619 g/mol. The van der Waals surface area contributed by atoms with E-state index in [9.17, 15) is 19.2 Å². The Labute approximate surface area is 256 Å². The monoisotopic (exact) mass is 617 g/mol. The van der Waals surface area contributed by atoms with Crippen molar-refractivity contribution in [3.05, 3.63) is 70.7 Å². The van der Waals surface area contributed by atoms with Gasteiger partial charge in [-0.1, -0.05) is 65.7 Å². The Morgan fingerprint density at radius 2 is 1.69 bits per heavy atom. The molecule has 2 N–H and O–H groups in total. The van der Waals surface area contributed by atoms with Gasteiger partial charge in [-0.05, 0) is 29.7 Å². The number of ether oxygens (including phenoxy) is 1. The summed E-state index contributed by atoms with van der Waals surface area (Å²) < 4.78 is 5.41. The molecule has 2 atom stereocenters. The van der Waals surface area contributed by atoms with Crippen molar-refractivity contribution in [2.75, 3.05) is 52.5 Å². The quantitative estimate of drug-likeness (QED) is 0.272. The lowest BCUT2D eigenvalue weighted by atomic mass is 10.0. The van der Waals surface area contributed by atoms with Crippen molar-refractivity contribution in [1.29, 1.82) is 0 Å². The van der Waals surface area contributed by atoms with Gasteiger partial charge in [-0.15, -0.1) is 0 Å². The molecule has 0 saturated carbocycles. The van der Waals surface area contributed by atoms with Crippen LogP contribution in [0.3, 0.4) is 0 Å². The third-order valence-electron chi connectivity index (χ3n) is 7.49. The molecule has 2 aliphatic heterocycles. The molecule has 0 spiro atoms. The topological polar surface area (TPSA) is 116 Å². The Morgan fingerprint density at radius 1 is 1.00 bits per heavy atom. The fourth-order valence-corrected chi connectivity index (χ4v) is 5.73. The third kappa shape index (κ3) is 8.91. The van der Waals surface area contributed by atoms with Crippen molar-refractivity contribution < 1.29 is 23.9 Å². The van der Waals surface area contributed by atoms with E-state index in [0.717, 1.165) is 30.8 Å². The summed E-state index contributed by atoms with van der Waals surface area (Å²) >= 11 is 12.7. The molecule has 42 heavy (non-hydrogen) atoms. The second-order valence-corrected chi connectivity index (χ2v) is 11.5. The maximum absolute atomic E-state index is 13.9. The lowest BCUT2D eigenvalue weighted by Gasteiger charge is -2.42. The van der Waals surface area contributed by atoms with Gasteiger partial charge in [0, 0.05) is 44.2 Å². The second kappa shape index (κ2) is 15.3. The van der Waals surface area contributed by atoms with Crippen molar-refractivity contribution in [3.63, 3.8) is 0 Å². The van der Waals surface area contributed by atoms with E-state index in [1.54, 1.807) is 12.1 Å². The molecule has 2 aromatic rings. The number of rotatable bonds is 13. The number of carbonyl (C=O) groups is 4. The van der Waals surface area contributed by atoms with Crippen molar-refractivity contribution in [2.45, 2.75) is 37.4 Å². The summed E-state index contributed by atoms with van der Waals surface area (Å²) in [5.74, 6) is -1.80. The minimum absolute atomic E-state index is 0.146. The van der Waals surface area contributed by atoms with Crippen molar-refractivity contribution in [3.8, 4) is 0 Å². The molecule has 0 bridgehead atoms. The van der Waals surface area contributed by atoms with Crippen molar-refractivity contribution in [2.24, 2.45) is 5.73 Å². The van der Waals surface area contributed by atoms with Gasteiger partial charge >= 0.3 is 0 Å². The predicted octanol–water partition coefficient (Wildman–Crippen LogP) is 2.11. The first kappa shape index (κ1) is 31.7. The van der Waals surface area contributed by atoms with Crippen LogP contribution in [0, 0.1) is 0 Å². The van der Waals surface area contributed by atoms with Gasteiger partial charge in [-0.2, -0.15) is 0 Å². The van der Waals surface area contributed by atoms with Gasteiger partial charge in [-0.25, -0.2) is 0 Å². The molecule has 0 radical (unpaired) electrons. The average Bonchev–Trinajstić information content (AvgIpc) is 2.97. The molecule has 2 unspecified atom stereocenters. The van der Waals surface area contributed by atoms with Crippen LogP contribution in [0.2, 0.25) is 5.02 Å². The van der Waals surface area contributed by atoms with E-state index in [-0.39, 0.29) is 32.0 Å². The predicted molar refractivity (Wildman–Crippen MR) is 160 cm³/mol. The van der Waals surface area contributed by atoms with Crippen LogP contribution in [0.4, 0.5) is 0 Å². The fourth-order valence-electron chi connectivity index (χ4n) is 5.26. The van der Waals surface area contributed by atoms with E-state index in [2.05, 4.69) is 4.90 Å². The van der Waals surface area contributed by atoms with E-state index in [0.29, 0.717) is 37.6 Å². The van der Waals surface area contributed by atoms with Gasteiger partial charge in [0.2, 0.25) is 23.6 Å². The number of primary amides is 1. The van der Waals surface area contributed by atoms with Crippen LogP contribution in [0.25, 0.3) is 0 Å². The number of hydrogen-bond donors (Lipinski definition) is 1. The molecule has 4 amide bonds. The first-order chi connectivity index (χ1) is 20.2. The molecule has 4 rings (SSSR count). The van der Waals surface area contributed by atoms with Gasteiger partial charge in [0.15, 0.2) is 0 Å². The van der Waals surface area contributed by atoms with Gasteiger partial charge in [-0.3, -0.25) is 24.1 Å². The Hall–Kier alpha value is -3.18. The standard InChI is InChI=1S/C30H37Cl2N5O5/c31-24-9-7-22(8-10-24)17-26(32)37-21-29(40)36(12-4-11-34-13-15-42-16-14-34)25(30(37)41)18-28(39)35(20-27(33)38)19-23-5-2-1-3-6-23/h1-3,5-10,25-26H,4,11-21H2,(H2,33,38). The number of nitrogens with two attached hydrogens (primary N) is 1. The van der Waals surface area contributed by atoms with Crippen molar-refractivity contribution in [1.82, 2.24) is 19.6 Å². The molecule has 12 heteroatoms. The second-order valence-electron chi connectivity index (χ2n) is 10.5.